The number of rotatable bonds is 5. The first-order valence-corrected chi connectivity index (χ1v) is 7.95. The van der Waals surface area contributed by atoms with Crippen molar-refractivity contribution >= 4 is 43.3 Å². The Labute approximate surface area is 138 Å². The van der Waals surface area contributed by atoms with Crippen molar-refractivity contribution in [1.82, 2.24) is 0 Å². The van der Waals surface area contributed by atoms with Crippen LogP contribution in [0, 0.1) is 10.1 Å². The summed E-state index contributed by atoms with van der Waals surface area (Å²) in [5, 5.41) is 10.6. The van der Waals surface area contributed by atoms with Gasteiger partial charge in [-0.1, -0.05) is 74.3 Å². The molecule has 0 aliphatic rings. The van der Waals surface area contributed by atoms with Crippen LogP contribution < -0.4 is 0 Å². The molecule has 0 fully saturated rings. The molecule has 0 aromatic heterocycles. The number of benzene rings is 2. The largest absolute Gasteiger partial charge is 0.293 e. The lowest BCUT2D eigenvalue weighted by Crippen LogP contribution is -2.19. The molecule has 0 radical (unpaired) electrons. The van der Waals surface area contributed by atoms with Crippen LogP contribution in [0.5, 0.6) is 0 Å². The van der Waals surface area contributed by atoms with Gasteiger partial charge >= 0.3 is 0 Å². The molecule has 0 heterocycles. The third kappa shape index (κ3) is 3.77. The van der Waals surface area contributed by atoms with E-state index in [0.29, 0.717) is 5.56 Å². The summed E-state index contributed by atoms with van der Waals surface area (Å²) in [6.07, 6.45) is 0. The number of ketones is 1. The van der Waals surface area contributed by atoms with Crippen molar-refractivity contribution in [2.75, 3.05) is 0 Å². The van der Waals surface area contributed by atoms with Crippen LogP contribution in [0.3, 0.4) is 0 Å². The van der Waals surface area contributed by atoms with Crippen molar-refractivity contribution in [3.8, 4) is 0 Å². The molecular formula is C15H11Br2NO3. The van der Waals surface area contributed by atoms with Crippen molar-refractivity contribution < 1.29 is 9.72 Å². The van der Waals surface area contributed by atoms with Gasteiger partial charge in [0.25, 0.3) is 5.69 Å². The molecule has 6 heteroatoms. The Balaban J connectivity index is 2.17. The molecular weight excluding hydrogens is 402 g/mol. The summed E-state index contributed by atoms with van der Waals surface area (Å²) in [6, 6.07) is 15.1. The monoisotopic (exact) mass is 411 g/mol. The Morgan fingerprint density at radius 1 is 1.00 bits per heavy atom. The van der Waals surface area contributed by atoms with E-state index >= 15 is 0 Å². The molecule has 0 aliphatic heterocycles. The Hall–Kier alpha value is -1.53. The van der Waals surface area contributed by atoms with Crippen LogP contribution in [0.15, 0.2) is 54.6 Å². The molecule has 0 unspecified atom stereocenters. The molecule has 0 amide bonds. The first-order chi connectivity index (χ1) is 10.0. The summed E-state index contributed by atoms with van der Waals surface area (Å²) in [6.45, 7) is 0. The highest BCUT2D eigenvalue weighted by molar-refractivity contribution is 9.12. The van der Waals surface area contributed by atoms with Crippen LogP contribution >= 0.6 is 31.9 Å². The first kappa shape index (κ1) is 15.9. The van der Waals surface area contributed by atoms with Crippen molar-refractivity contribution in [2.45, 2.75) is 9.65 Å². The quantitative estimate of drug-likeness (QED) is 0.310. The first-order valence-electron chi connectivity index (χ1n) is 6.12. The number of hydrogen-bond acceptors (Lipinski definition) is 3. The molecule has 0 saturated heterocycles. The third-order valence-electron chi connectivity index (χ3n) is 2.99. The summed E-state index contributed by atoms with van der Waals surface area (Å²) in [5.74, 6) is -0.0455. The number of Topliss-reactive ketones (excluding diaryl/α,β-unsaturated/α-hetero) is 1. The summed E-state index contributed by atoms with van der Waals surface area (Å²) in [4.78, 5) is 21.8. The van der Waals surface area contributed by atoms with Gasteiger partial charge in [-0.3, -0.25) is 14.9 Å². The lowest BCUT2D eigenvalue weighted by Gasteiger charge is -2.16. The van der Waals surface area contributed by atoms with E-state index in [1.165, 1.54) is 12.1 Å². The summed E-state index contributed by atoms with van der Waals surface area (Å²) >= 11 is 6.87. The van der Waals surface area contributed by atoms with E-state index in [-0.39, 0.29) is 16.3 Å². The van der Waals surface area contributed by atoms with E-state index in [0.717, 1.165) is 5.56 Å². The fourth-order valence-electron chi connectivity index (χ4n) is 1.84. The zero-order valence-electron chi connectivity index (χ0n) is 10.8. The molecule has 2 rings (SSSR count). The topological polar surface area (TPSA) is 60.2 Å². The molecule has 0 spiro atoms. The molecule has 0 bridgehead atoms. The van der Waals surface area contributed by atoms with Crippen molar-refractivity contribution in [1.29, 1.82) is 0 Å². The predicted octanol–water partition coefficient (Wildman–Crippen LogP) is 4.68. The van der Waals surface area contributed by atoms with E-state index in [4.69, 9.17) is 0 Å². The van der Waals surface area contributed by atoms with E-state index in [2.05, 4.69) is 31.9 Å². The van der Waals surface area contributed by atoms with Crippen LogP contribution in [0.1, 0.15) is 20.7 Å². The maximum absolute atomic E-state index is 12.3. The number of nitro groups is 1. The molecule has 0 aliphatic carbocycles. The third-order valence-corrected chi connectivity index (χ3v) is 5.70. The van der Waals surface area contributed by atoms with Crippen LogP contribution in [0.2, 0.25) is 0 Å². The Morgan fingerprint density at radius 2 is 1.57 bits per heavy atom. The highest BCUT2D eigenvalue weighted by Crippen LogP contribution is 2.34. The van der Waals surface area contributed by atoms with Crippen LogP contribution in [-0.2, 0) is 0 Å². The number of hydrogen-bond donors (Lipinski definition) is 0. The normalized spacial score (nSPS) is 13.4. The number of carbonyl (C=O) groups excluding carboxylic acids is 1. The van der Waals surface area contributed by atoms with Crippen LogP contribution in [-0.4, -0.2) is 15.5 Å². The van der Waals surface area contributed by atoms with Crippen LogP contribution in [0.4, 0.5) is 5.69 Å². The molecule has 0 N–H and O–H groups in total. The standard InChI is InChI=1S/C15H11Br2NO3/c16-13(10-6-8-12(9-7-10)18(20)21)14(17)15(19)11-4-2-1-3-5-11/h1-9,13-14H/t13-,14-/m0/s1. The van der Waals surface area contributed by atoms with E-state index in [1.54, 1.807) is 24.3 Å². The smallest absolute Gasteiger partial charge is 0.269 e. The van der Waals surface area contributed by atoms with Gasteiger partial charge in [0.05, 0.1) is 14.6 Å². The Bertz CT molecular complexity index is 644. The number of nitro benzene ring substituents is 1. The Morgan fingerprint density at radius 3 is 2.10 bits per heavy atom. The van der Waals surface area contributed by atoms with Crippen LogP contribution in [0.25, 0.3) is 0 Å². The fourth-order valence-corrected chi connectivity index (χ4v) is 2.96. The van der Waals surface area contributed by atoms with Gasteiger partial charge in [-0.25, -0.2) is 0 Å². The minimum absolute atomic E-state index is 0.0268. The lowest BCUT2D eigenvalue weighted by atomic mass is 10.0. The van der Waals surface area contributed by atoms with E-state index < -0.39 is 9.75 Å². The molecule has 108 valence electrons. The van der Waals surface area contributed by atoms with Gasteiger partial charge in [-0.05, 0) is 5.56 Å². The van der Waals surface area contributed by atoms with E-state index in [9.17, 15) is 14.9 Å². The average Bonchev–Trinajstić information content (AvgIpc) is 2.53. The number of halogens is 2. The molecule has 2 atom stereocenters. The van der Waals surface area contributed by atoms with Gasteiger partial charge < -0.3 is 0 Å². The second-order valence-electron chi connectivity index (χ2n) is 4.38. The van der Waals surface area contributed by atoms with E-state index in [1.807, 2.05) is 18.2 Å². The maximum Gasteiger partial charge on any atom is 0.269 e. The zero-order chi connectivity index (χ0) is 15.4. The van der Waals surface area contributed by atoms with Gasteiger partial charge in [0, 0.05) is 17.7 Å². The van der Waals surface area contributed by atoms with Crippen molar-refractivity contribution in [3.05, 3.63) is 75.8 Å². The highest BCUT2D eigenvalue weighted by atomic mass is 79.9. The van der Waals surface area contributed by atoms with Gasteiger partial charge in [0.15, 0.2) is 5.78 Å². The molecule has 2 aromatic rings. The second kappa shape index (κ2) is 6.95. The molecule has 21 heavy (non-hydrogen) atoms. The minimum atomic E-state index is -0.457. The van der Waals surface area contributed by atoms with Crippen molar-refractivity contribution in [3.63, 3.8) is 0 Å². The fraction of sp³-hybridized carbons (Fsp3) is 0.133. The molecule has 4 nitrogen and oxygen atoms in total. The Kier molecular flexibility index (Phi) is 5.25. The summed E-state index contributed by atoms with van der Waals surface area (Å²) in [7, 11) is 0. The van der Waals surface area contributed by atoms with Crippen molar-refractivity contribution in [2.24, 2.45) is 0 Å². The molecule has 0 saturated carbocycles. The second-order valence-corrected chi connectivity index (χ2v) is 6.36. The SMILES string of the molecule is O=C(c1ccccc1)[C@@H](Br)[C@@H](Br)c1ccc([N+](=O)[O-])cc1. The highest BCUT2D eigenvalue weighted by Gasteiger charge is 2.26. The average molecular weight is 413 g/mol. The van der Waals surface area contributed by atoms with Gasteiger partial charge in [-0.15, -0.1) is 0 Å². The van der Waals surface area contributed by atoms with Gasteiger partial charge in [0.1, 0.15) is 0 Å². The van der Waals surface area contributed by atoms with Gasteiger partial charge in [-0.2, -0.15) is 0 Å². The predicted molar refractivity (Wildman–Crippen MR) is 88.3 cm³/mol. The minimum Gasteiger partial charge on any atom is -0.293 e. The van der Waals surface area contributed by atoms with Gasteiger partial charge in [0.2, 0.25) is 0 Å². The summed E-state index contributed by atoms with van der Waals surface area (Å²) < 4.78 is 0. The lowest BCUT2D eigenvalue weighted by molar-refractivity contribution is -0.384. The number of non-ortho nitro benzene ring substituents is 1. The number of carbonyl (C=O) groups is 1. The number of alkyl halides is 2. The number of nitrogens with zero attached hydrogens (tertiary/aromatic N) is 1. The zero-order valence-corrected chi connectivity index (χ0v) is 14.0. The summed E-state index contributed by atoms with van der Waals surface area (Å²) in [5.41, 5.74) is 1.44. The maximum atomic E-state index is 12.3. The molecule has 2 aromatic carbocycles.